The Morgan fingerprint density at radius 1 is 1.04 bits per heavy atom. The molecule has 0 saturated carbocycles. The van der Waals surface area contributed by atoms with Gasteiger partial charge in [0, 0.05) is 17.8 Å². The van der Waals surface area contributed by atoms with Gasteiger partial charge in [-0.1, -0.05) is 18.2 Å². The average molecular weight is 358 g/mol. The standard InChI is InChI=1S/C19H22N2O3S/c1-25(23,24)21-18-8-4-5-14(11-18)13-20-19(22)17-10-9-15-6-2-3-7-16(15)12-17/h4-5,8-12,21H,2-3,6-7,13H2,1H3,(H,20,22). The Hall–Kier alpha value is -2.34. The van der Waals surface area contributed by atoms with E-state index in [0.717, 1.165) is 24.7 Å². The molecule has 5 nitrogen and oxygen atoms in total. The van der Waals surface area contributed by atoms with E-state index in [4.69, 9.17) is 0 Å². The molecule has 0 aromatic heterocycles. The number of nitrogens with one attached hydrogen (secondary N) is 2. The van der Waals surface area contributed by atoms with E-state index in [-0.39, 0.29) is 5.91 Å². The number of benzene rings is 2. The van der Waals surface area contributed by atoms with Crippen molar-refractivity contribution in [2.75, 3.05) is 11.0 Å². The first kappa shape index (κ1) is 17.5. The molecule has 132 valence electrons. The van der Waals surface area contributed by atoms with E-state index < -0.39 is 10.0 Å². The summed E-state index contributed by atoms with van der Waals surface area (Å²) in [7, 11) is -3.31. The number of carbonyl (C=O) groups excluding carboxylic acids is 1. The van der Waals surface area contributed by atoms with Crippen LogP contribution in [0.4, 0.5) is 5.69 Å². The molecule has 6 heteroatoms. The Bertz CT molecular complexity index is 891. The second-order valence-electron chi connectivity index (χ2n) is 6.45. The number of sulfonamides is 1. The van der Waals surface area contributed by atoms with Gasteiger partial charge in [0.2, 0.25) is 10.0 Å². The summed E-state index contributed by atoms with van der Waals surface area (Å²) in [4.78, 5) is 12.4. The second kappa shape index (κ2) is 7.27. The summed E-state index contributed by atoms with van der Waals surface area (Å²) >= 11 is 0. The van der Waals surface area contributed by atoms with Crippen LogP contribution in [0.1, 0.15) is 39.9 Å². The Kier molecular flexibility index (Phi) is 5.08. The van der Waals surface area contributed by atoms with Gasteiger partial charge in [-0.25, -0.2) is 8.42 Å². The zero-order chi connectivity index (χ0) is 17.9. The van der Waals surface area contributed by atoms with Crippen molar-refractivity contribution in [2.45, 2.75) is 32.2 Å². The smallest absolute Gasteiger partial charge is 0.251 e. The lowest BCUT2D eigenvalue weighted by Gasteiger charge is -2.16. The quantitative estimate of drug-likeness (QED) is 0.863. The van der Waals surface area contributed by atoms with E-state index in [1.807, 2.05) is 18.2 Å². The molecule has 1 amide bonds. The summed E-state index contributed by atoms with van der Waals surface area (Å²) in [6, 6.07) is 12.9. The normalized spacial score (nSPS) is 13.8. The first-order valence-corrected chi connectivity index (χ1v) is 10.3. The van der Waals surface area contributed by atoms with Gasteiger partial charge in [-0.2, -0.15) is 0 Å². The van der Waals surface area contributed by atoms with Crippen molar-refractivity contribution in [3.05, 3.63) is 64.7 Å². The maximum Gasteiger partial charge on any atom is 0.251 e. The van der Waals surface area contributed by atoms with Crippen molar-refractivity contribution in [3.63, 3.8) is 0 Å². The van der Waals surface area contributed by atoms with Crippen LogP contribution in [-0.2, 0) is 29.4 Å². The van der Waals surface area contributed by atoms with E-state index in [1.165, 1.54) is 24.0 Å². The van der Waals surface area contributed by atoms with E-state index in [1.54, 1.807) is 18.2 Å². The number of aryl methyl sites for hydroxylation is 2. The first-order chi connectivity index (χ1) is 11.9. The van der Waals surface area contributed by atoms with Crippen LogP contribution in [-0.4, -0.2) is 20.6 Å². The number of hydrogen-bond donors (Lipinski definition) is 2. The van der Waals surface area contributed by atoms with Crippen LogP contribution < -0.4 is 10.0 Å². The third-order valence-electron chi connectivity index (χ3n) is 4.29. The fourth-order valence-corrected chi connectivity index (χ4v) is 3.67. The molecule has 0 spiro atoms. The monoisotopic (exact) mass is 358 g/mol. The Labute approximate surface area is 148 Å². The van der Waals surface area contributed by atoms with Crippen LogP contribution in [0.5, 0.6) is 0 Å². The minimum atomic E-state index is -3.31. The van der Waals surface area contributed by atoms with Gasteiger partial charge in [-0.3, -0.25) is 9.52 Å². The Morgan fingerprint density at radius 2 is 1.80 bits per heavy atom. The molecular formula is C19H22N2O3S. The molecule has 2 N–H and O–H groups in total. The van der Waals surface area contributed by atoms with Gasteiger partial charge in [0.05, 0.1) is 6.26 Å². The molecule has 0 saturated heterocycles. The highest BCUT2D eigenvalue weighted by molar-refractivity contribution is 7.92. The number of carbonyl (C=O) groups is 1. The summed E-state index contributed by atoms with van der Waals surface area (Å²) in [5, 5.41) is 2.90. The molecule has 3 rings (SSSR count). The predicted octanol–water partition coefficient (Wildman–Crippen LogP) is 2.87. The molecule has 0 aliphatic heterocycles. The average Bonchev–Trinajstić information content (AvgIpc) is 2.58. The van der Waals surface area contributed by atoms with Crippen molar-refractivity contribution >= 4 is 21.6 Å². The van der Waals surface area contributed by atoms with Gasteiger partial charge in [0.15, 0.2) is 0 Å². The van der Waals surface area contributed by atoms with Crippen molar-refractivity contribution in [1.29, 1.82) is 0 Å². The van der Waals surface area contributed by atoms with Crippen LogP contribution in [0.3, 0.4) is 0 Å². The largest absolute Gasteiger partial charge is 0.348 e. The van der Waals surface area contributed by atoms with Crippen molar-refractivity contribution in [1.82, 2.24) is 5.32 Å². The molecule has 1 aliphatic carbocycles. The lowest BCUT2D eigenvalue weighted by Crippen LogP contribution is -2.23. The lowest BCUT2D eigenvalue weighted by molar-refractivity contribution is 0.0950. The summed E-state index contributed by atoms with van der Waals surface area (Å²) in [6.45, 7) is 0.342. The van der Waals surface area contributed by atoms with Gasteiger partial charge in [0.1, 0.15) is 0 Å². The zero-order valence-corrected chi connectivity index (χ0v) is 15.0. The van der Waals surface area contributed by atoms with E-state index in [0.29, 0.717) is 17.8 Å². The molecule has 25 heavy (non-hydrogen) atoms. The van der Waals surface area contributed by atoms with Crippen molar-refractivity contribution in [3.8, 4) is 0 Å². The minimum Gasteiger partial charge on any atom is -0.348 e. The van der Waals surface area contributed by atoms with Gasteiger partial charge in [-0.15, -0.1) is 0 Å². The maximum absolute atomic E-state index is 12.4. The summed E-state index contributed by atoms with van der Waals surface area (Å²) < 4.78 is 25.0. The number of hydrogen-bond acceptors (Lipinski definition) is 3. The molecule has 2 aromatic carbocycles. The fraction of sp³-hybridized carbons (Fsp3) is 0.316. The molecule has 0 heterocycles. The predicted molar refractivity (Wildman–Crippen MR) is 99.2 cm³/mol. The third-order valence-corrected chi connectivity index (χ3v) is 4.90. The molecule has 0 unspecified atom stereocenters. The number of rotatable bonds is 5. The lowest BCUT2D eigenvalue weighted by atomic mass is 9.90. The van der Waals surface area contributed by atoms with Gasteiger partial charge in [-0.05, 0) is 66.6 Å². The Morgan fingerprint density at radius 3 is 2.56 bits per heavy atom. The number of fused-ring (bicyclic) bond motifs is 1. The minimum absolute atomic E-state index is 0.116. The summed E-state index contributed by atoms with van der Waals surface area (Å²) in [6.07, 6.45) is 5.64. The topological polar surface area (TPSA) is 75.3 Å². The molecule has 0 bridgehead atoms. The van der Waals surface area contributed by atoms with Crippen molar-refractivity contribution < 1.29 is 13.2 Å². The third kappa shape index (κ3) is 4.82. The summed E-state index contributed by atoms with van der Waals surface area (Å²) in [5.41, 5.74) is 4.62. The molecule has 0 atom stereocenters. The first-order valence-electron chi connectivity index (χ1n) is 8.37. The molecule has 2 aromatic rings. The number of amides is 1. The van der Waals surface area contributed by atoms with E-state index in [2.05, 4.69) is 16.1 Å². The number of anilines is 1. The zero-order valence-electron chi connectivity index (χ0n) is 14.2. The van der Waals surface area contributed by atoms with Crippen LogP contribution >= 0.6 is 0 Å². The van der Waals surface area contributed by atoms with Crippen LogP contribution in [0.2, 0.25) is 0 Å². The van der Waals surface area contributed by atoms with Gasteiger partial charge < -0.3 is 5.32 Å². The highest BCUT2D eigenvalue weighted by atomic mass is 32.2. The van der Waals surface area contributed by atoms with Gasteiger partial charge >= 0.3 is 0 Å². The molecular weight excluding hydrogens is 336 g/mol. The molecule has 0 fully saturated rings. The van der Waals surface area contributed by atoms with Crippen LogP contribution in [0.25, 0.3) is 0 Å². The fourth-order valence-electron chi connectivity index (χ4n) is 3.12. The van der Waals surface area contributed by atoms with Crippen molar-refractivity contribution in [2.24, 2.45) is 0 Å². The van der Waals surface area contributed by atoms with Crippen LogP contribution in [0.15, 0.2) is 42.5 Å². The van der Waals surface area contributed by atoms with Gasteiger partial charge in [0.25, 0.3) is 5.91 Å². The SMILES string of the molecule is CS(=O)(=O)Nc1cccc(CNC(=O)c2ccc3c(c2)CCCC3)c1. The van der Waals surface area contributed by atoms with Crippen LogP contribution in [0, 0.1) is 0 Å². The highest BCUT2D eigenvalue weighted by Crippen LogP contribution is 2.22. The highest BCUT2D eigenvalue weighted by Gasteiger charge is 2.13. The molecule has 1 aliphatic rings. The maximum atomic E-state index is 12.4. The van der Waals surface area contributed by atoms with E-state index >= 15 is 0 Å². The second-order valence-corrected chi connectivity index (χ2v) is 8.20. The Balaban J connectivity index is 1.65. The summed E-state index contributed by atoms with van der Waals surface area (Å²) in [5.74, 6) is -0.116. The van der Waals surface area contributed by atoms with E-state index in [9.17, 15) is 13.2 Å². The molecule has 0 radical (unpaired) electrons.